The normalized spacial score (nSPS) is 23.7. The van der Waals surface area contributed by atoms with Gasteiger partial charge in [-0.1, -0.05) is 6.07 Å². The van der Waals surface area contributed by atoms with Crippen LogP contribution in [0.1, 0.15) is 31.2 Å². The number of carbonyl (C=O) groups excluding carboxylic acids is 1. The molecule has 0 N–H and O–H groups in total. The highest BCUT2D eigenvalue weighted by molar-refractivity contribution is 5.79. The van der Waals surface area contributed by atoms with Gasteiger partial charge in [-0.3, -0.25) is 9.69 Å². The van der Waals surface area contributed by atoms with Crippen LogP contribution in [0.2, 0.25) is 0 Å². The van der Waals surface area contributed by atoms with Crippen LogP contribution >= 0.6 is 0 Å². The fraction of sp³-hybridized carbons (Fsp3) is 0.632. The molecule has 7 heteroatoms. The molecular formula is C19H25F3N2O2. The molecule has 1 unspecified atom stereocenters. The Bertz CT molecular complexity index is 644. The molecular weight excluding hydrogens is 345 g/mol. The van der Waals surface area contributed by atoms with Crippen LogP contribution in [0.15, 0.2) is 18.2 Å². The summed E-state index contributed by atoms with van der Waals surface area (Å²) < 4.78 is 45.4. The van der Waals surface area contributed by atoms with Gasteiger partial charge in [-0.2, -0.15) is 0 Å². The number of piperidine rings is 2. The second kappa shape index (κ2) is 7.86. The van der Waals surface area contributed by atoms with Crippen molar-refractivity contribution in [2.75, 3.05) is 33.3 Å². The number of rotatable bonds is 4. The molecule has 2 heterocycles. The number of nitrogens with zero attached hydrogens (tertiary/aromatic N) is 2. The van der Waals surface area contributed by atoms with E-state index in [9.17, 15) is 18.0 Å². The molecule has 0 spiro atoms. The molecule has 1 amide bonds. The van der Waals surface area contributed by atoms with Crippen molar-refractivity contribution in [1.82, 2.24) is 9.80 Å². The summed E-state index contributed by atoms with van der Waals surface area (Å²) in [5.74, 6) is -3.02. The molecule has 2 aliphatic rings. The summed E-state index contributed by atoms with van der Waals surface area (Å²) in [6.07, 6.45) is 1.15. The number of carbonyl (C=O) groups is 1. The van der Waals surface area contributed by atoms with Crippen molar-refractivity contribution >= 4 is 5.91 Å². The van der Waals surface area contributed by atoms with Crippen molar-refractivity contribution < 1.29 is 22.7 Å². The van der Waals surface area contributed by atoms with Gasteiger partial charge in [0.05, 0.1) is 13.0 Å². The smallest absolute Gasteiger partial charge is 0.251 e. The largest absolute Gasteiger partial charge is 0.494 e. The van der Waals surface area contributed by atoms with E-state index in [1.54, 1.807) is 11.0 Å². The highest BCUT2D eigenvalue weighted by atomic mass is 19.3. The van der Waals surface area contributed by atoms with E-state index in [0.29, 0.717) is 13.1 Å². The van der Waals surface area contributed by atoms with Crippen LogP contribution < -0.4 is 4.74 Å². The number of halogens is 3. The minimum Gasteiger partial charge on any atom is -0.494 e. The highest BCUT2D eigenvalue weighted by Gasteiger charge is 2.38. The second-order valence-electron chi connectivity index (χ2n) is 7.22. The summed E-state index contributed by atoms with van der Waals surface area (Å²) in [5, 5.41) is 0. The maximum absolute atomic E-state index is 13.8. The molecule has 26 heavy (non-hydrogen) atoms. The summed E-state index contributed by atoms with van der Waals surface area (Å²) in [5.41, 5.74) is 0.828. The molecule has 0 aliphatic carbocycles. The number of benzene rings is 1. The van der Waals surface area contributed by atoms with E-state index < -0.39 is 11.7 Å². The first-order valence-electron chi connectivity index (χ1n) is 9.09. The van der Waals surface area contributed by atoms with Gasteiger partial charge >= 0.3 is 0 Å². The van der Waals surface area contributed by atoms with Gasteiger partial charge in [0.15, 0.2) is 11.6 Å². The molecule has 0 saturated carbocycles. The van der Waals surface area contributed by atoms with Crippen molar-refractivity contribution in [3.05, 3.63) is 29.6 Å². The number of amides is 1. The summed E-state index contributed by atoms with van der Waals surface area (Å²) in [7, 11) is 1.43. The Hall–Kier alpha value is -1.76. The third-order valence-corrected chi connectivity index (χ3v) is 5.28. The number of likely N-dealkylation sites (tertiary alicyclic amines) is 2. The quantitative estimate of drug-likeness (QED) is 0.815. The predicted octanol–water partition coefficient (Wildman–Crippen LogP) is 3.30. The van der Waals surface area contributed by atoms with Gasteiger partial charge in [-0.15, -0.1) is 0 Å². The van der Waals surface area contributed by atoms with Gasteiger partial charge in [0.25, 0.3) is 5.92 Å². The zero-order valence-corrected chi connectivity index (χ0v) is 15.0. The van der Waals surface area contributed by atoms with Crippen LogP contribution in [-0.4, -0.2) is 54.9 Å². The summed E-state index contributed by atoms with van der Waals surface area (Å²) in [4.78, 5) is 16.4. The molecule has 0 aromatic heterocycles. The number of hydrogen-bond donors (Lipinski definition) is 0. The van der Waals surface area contributed by atoms with Gasteiger partial charge in [-0.05, 0) is 37.1 Å². The van der Waals surface area contributed by atoms with E-state index >= 15 is 0 Å². The van der Waals surface area contributed by atoms with Crippen molar-refractivity contribution in [3.8, 4) is 5.75 Å². The van der Waals surface area contributed by atoms with Crippen LogP contribution in [0.4, 0.5) is 13.2 Å². The predicted molar refractivity (Wildman–Crippen MR) is 91.7 cm³/mol. The highest BCUT2D eigenvalue weighted by Crippen LogP contribution is 2.30. The van der Waals surface area contributed by atoms with Crippen molar-refractivity contribution in [3.63, 3.8) is 0 Å². The van der Waals surface area contributed by atoms with E-state index in [-0.39, 0.29) is 43.5 Å². The van der Waals surface area contributed by atoms with Crippen molar-refractivity contribution in [1.29, 1.82) is 0 Å². The SMILES string of the molecule is COc1ccc(CN2CCCC(C(=O)N3CCC(F)(F)CC3)C2)cc1F. The van der Waals surface area contributed by atoms with E-state index in [1.807, 2.05) is 6.07 Å². The standard InChI is InChI=1S/C19H25F3N2O2/c1-26-17-5-4-14(11-16(17)20)12-23-8-2-3-15(13-23)18(25)24-9-6-19(21,22)7-10-24/h4-5,11,15H,2-3,6-10,12-13H2,1H3. The van der Waals surface area contributed by atoms with Crippen LogP contribution in [0.5, 0.6) is 5.75 Å². The van der Waals surface area contributed by atoms with E-state index in [0.717, 1.165) is 24.9 Å². The van der Waals surface area contributed by atoms with Gasteiger partial charge in [0, 0.05) is 39.0 Å². The first kappa shape index (κ1) is 19.0. The van der Waals surface area contributed by atoms with Gasteiger partial charge in [0.1, 0.15) is 0 Å². The Kier molecular flexibility index (Phi) is 5.75. The molecule has 2 aliphatic heterocycles. The molecule has 1 atom stereocenters. The minimum absolute atomic E-state index is 0.0221. The van der Waals surface area contributed by atoms with Crippen molar-refractivity contribution in [2.45, 2.75) is 38.2 Å². The summed E-state index contributed by atoms with van der Waals surface area (Å²) in [6, 6.07) is 4.88. The lowest BCUT2D eigenvalue weighted by atomic mass is 9.94. The van der Waals surface area contributed by atoms with Gasteiger partial charge in [0.2, 0.25) is 5.91 Å². The van der Waals surface area contributed by atoms with Crippen LogP contribution in [-0.2, 0) is 11.3 Å². The third kappa shape index (κ3) is 4.50. The second-order valence-corrected chi connectivity index (χ2v) is 7.22. The lowest BCUT2D eigenvalue weighted by Gasteiger charge is -2.37. The molecule has 0 bridgehead atoms. The van der Waals surface area contributed by atoms with E-state index in [2.05, 4.69) is 4.90 Å². The topological polar surface area (TPSA) is 32.8 Å². The Labute approximate surface area is 151 Å². The average Bonchev–Trinajstić information content (AvgIpc) is 2.61. The lowest BCUT2D eigenvalue weighted by molar-refractivity contribution is -0.143. The Morgan fingerprint density at radius 2 is 2.00 bits per heavy atom. The fourth-order valence-electron chi connectivity index (χ4n) is 3.78. The molecule has 1 aromatic carbocycles. The molecule has 2 saturated heterocycles. The molecule has 0 radical (unpaired) electrons. The molecule has 2 fully saturated rings. The van der Waals surface area contributed by atoms with Crippen LogP contribution in [0.3, 0.4) is 0 Å². The molecule has 3 rings (SSSR count). The number of methoxy groups -OCH3 is 1. The maximum Gasteiger partial charge on any atom is 0.251 e. The van der Waals surface area contributed by atoms with Crippen molar-refractivity contribution in [2.24, 2.45) is 5.92 Å². The first-order chi connectivity index (χ1) is 12.4. The lowest BCUT2D eigenvalue weighted by Crippen LogP contribution is -2.48. The average molecular weight is 370 g/mol. The van der Waals surface area contributed by atoms with Gasteiger partial charge < -0.3 is 9.64 Å². The minimum atomic E-state index is -2.65. The number of alkyl halides is 2. The third-order valence-electron chi connectivity index (χ3n) is 5.28. The summed E-state index contributed by atoms with van der Waals surface area (Å²) in [6.45, 7) is 2.25. The van der Waals surface area contributed by atoms with Crippen LogP contribution in [0, 0.1) is 11.7 Å². The van der Waals surface area contributed by atoms with Crippen LogP contribution in [0.25, 0.3) is 0 Å². The Balaban J connectivity index is 1.57. The maximum atomic E-state index is 13.8. The van der Waals surface area contributed by atoms with Gasteiger partial charge in [-0.25, -0.2) is 13.2 Å². The van der Waals surface area contributed by atoms with E-state index in [1.165, 1.54) is 13.2 Å². The Morgan fingerprint density at radius 3 is 2.65 bits per heavy atom. The zero-order chi connectivity index (χ0) is 18.7. The fourth-order valence-corrected chi connectivity index (χ4v) is 3.78. The molecule has 144 valence electrons. The Morgan fingerprint density at radius 1 is 1.27 bits per heavy atom. The zero-order valence-electron chi connectivity index (χ0n) is 15.0. The summed E-state index contributed by atoms with van der Waals surface area (Å²) >= 11 is 0. The monoisotopic (exact) mass is 370 g/mol. The number of ether oxygens (including phenoxy) is 1. The molecule has 4 nitrogen and oxygen atoms in total. The van der Waals surface area contributed by atoms with E-state index in [4.69, 9.17) is 4.74 Å². The first-order valence-corrected chi connectivity index (χ1v) is 9.09. The molecule has 1 aromatic rings. The number of hydrogen-bond acceptors (Lipinski definition) is 3.